The van der Waals surface area contributed by atoms with Crippen molar-refractivity contribution in [3.8, 4) is 5.75 Å². The van der Waals surface area contributed by atoms with Gasteiger partial charge in [-0.15, -0.1) is 0 Å². The Kier molecular flexibility index (Phi) is 7.32. The molecular weight excluding hydrogens is 254 g/mol. The van der Waals surface area contributed by atoms with E-state index in [1.54, 1.807) is 0 Å². The van der Waals surface area contributed by atoms with Gasteiger partial charge < -0.3 is 10.1 Å². The van der Waals surface area contributed by atoms with Gasteiger partial charge in [0.15, 0.2) is 0 Å². The molecule has 3 heteroatoms. The quantitative estimate of drug-likeness (QED) is 0.769. The number of hydrogen-bond donors (Lipinski definition) is 1. The van der Waals surface area contributed by atoms with Gasteiger partial charge in [-0.2, -0.15) is 11.8 Å². The van der Waals surface area contributed by atoms with Crippen LogP contribution in [-0.4, -0.2) is 23.7 Å². The van der Waals surface area contributed by atoms with E-state index in [1.807, 2.05) is 17.8 Å². The highest BCUT2D eigenvalue weighted by atomic mass is 32.2. The summed E-state index contributed by atoms with van der Waals surface area (Å²) in [5.74, 6) is 2.06. The Morgan fingerprint density at radius 1 is 1.21 bits per heavy atom. The standard InChI is InChI=1S/C16H27NOS/c1-6-17-16(11-19-13(4)5)14-8-7-9-15(10-14)18-12(2)3/h7-10,12-13,16-17H,6,11H2,1-5H3. The molecule has 1 N–H and O–H groups in total. The summed E-state index contributed by atoms with van der Waals surface area (Å²) in [6.07, 6.45) is 0.220. The minimum absolute atomic E-state index is 0.220. The van der Waals surface area contributed by atoms with Crippen LogP contribution in [0, 0.1) is 0 Å². The molecule has 0 bridgehead atoms. The highest BCUT2D eigenvalue weighted by molar-refractivity contribution is 7.99. The Hall–Kier alpha value is -0.670. The maximum Gasteiger partial charge on any atom is 0.120 e. The van der Waals surface area contributed by atoms with Crippen LogP contribution in [-0.2, 0) is 0 Å². The molecule has 0 saturated carbocycles. The van der Waals surface area contributed by atoms with Crippen LogP contribution in [0.4, 0.5) is 0 Å². The lowest BCUT2D eigenvalue weighted by atomic mass is 10.1. The lowest BCUT2D eigenvalue weighted by Gasteiger charge is -2.20. The first kappa shape index (κ1) is 16.4. The molecule has 1 atom stereocenters. The summed E-state index contributed by atoms with van der Waals surface area (Å²) in [7, 11) is 0. The van der Waals surface area contributed by atoms with Crippen LogP contribution in [0.5, 0.6) is 5.75 Å². The van der Waals surface area contributed by atoms with Crippen LogP contribution < -0.4 is 10.1 Å². The van der Waals surface area contributed by atoms with E-state index in [1.165, 1.54) is 5.56 Å². The van der Waals surface area contributed by atoms with Crippen molar-refractivity contribution in [3.63, 3.8) is 0 Å². The van der Waals surface area contributed by atoms with Crippen LogP contribution in [0.2, 0.25) is 0 Å². The first-order valence-electron chi connectivity index (χ1n) is 7.14. The van der Waals surface area contributed by atoms with Crippen LogP contribution in [0.25, 0.3) is 0 Å². The van der Waals surface area contributed by atoms with Crippen molar-refractivity contribution in [2.24, 2.45) is 0 Å². The Labute approximate surface area is 122 Å². The molecule has 0 saturated heterocycles. The summed E-state index contributed by atoms with van der Waals surface area (Å²) in [5.41, 5.74) is 1.31. The summed E-state index contributed by atoms with van der Waals surface area (Å²) in [6.45, 7) is 11.7. The van der Waals surface area contributed by atoms with E-state index in [2.05, 4.69) is 58.1 Å². The van der Waals surface area contributed by atoms with Crippen LogP contribution >= 0.6 is 11.8 Å². The molecule has 0 amide bonds. The molecule has 0 spiro atoms. The van der Waals surface area contributed by atoms with Gasteiger partial charge in [0, 0.05) is 11.8 Å². The van der Waals surface area contributed by atoms with Gasteiger partial charge in [0.25, 0.3) is 0 Å². The molecule has 0 fully saturated rings. The summed E-state index contributed by atoms with van der Waals surface area (Å²) >= 11 is 1.99. The normalized spacial score (nSPS) is 13.0. The van der Waals surface area contributed by atoms with E-state index in [9.17, 15) is 0 Å². The van der Waals surface area contributed by atoms with Gasteiger partial charge in [0.1, 0.15) is 5.75 Å². The molecule has 0 radical (unpaired) electrons. The lowest BCUT2D eigenvalue weighted by Crippen LogP contribution is -2.23. The molecule has 1 rings (SSSR count). The largest absolute Gasteiger partial charge is 0.491 e. The predicted molar refractivity (Wildman–Crippen MR) is 86.2 cm³/mol. The van der Waals surface area contributed by atoms with Crippen LogP contribution in [0.3, 0.4) is 0 Å². The second-order valence-corrected chi connectivity index (χ2v) is 6.84. The van der Waals surface area contributed by atoms with Crippen molar-refractivity contribution in [2.45, 2.75) is 52.0 Å². The number of hydrogen-bond acceptors (Lipinski definition) is 3. The molecule has 0 aliphatic rings. The summed E-state index contributed by atoms with van der Waals surface area (Å²) < 4.78 is 5.77. The lowest BCUT2D eigenvalue weighted by molar-refractivity contribution is 0.242. The number of rotatable bonds is 8. The number of thioether (sulfide) groups is 1. The van der Waals surface area contributed by atoms with E-state index in [0.717, 1.165) is 18.0 Å². The zero-order chi connectivity index (χ0) is 14.3. The van der Waals surface area contributed by atoms with Gasteiger partial charge in [-0.1, -0.05) is 32.9 Å². The van der Waals surface area contributed by atoms with Crippen molar-refractivity contribution in [3.05, 3.63) is 29.8 Å². The van der Waals surface area contributed by atoms with Crippen molar-refractivity contribution >= 4 is 11.8 Å². The molecule has 108 valence electrons. The van der Waals surface area contributed by atoms with Crippen molar-refractivity contribution in [2.75, 3.05) is 12.3 Å². The molecule has 0 aliphatic heterocycles. The third-order valence-corrected chi connectivity index (χ3v) is 3.87. The Morgan fingerprint density at radius 2 is 1.95 bits per heavy atom. The Bertz CT molecular complexity index is 366. The van der Waals surface area contributed by atoms with Crippen molar-refractivity contribution in [1.29, 1.82) is 0 Å². The Morgan fingerprint density at radius 3 is 2.53 bits per heavy atom. The SMILES string of the molecule is CCNC(CSC(C)C)c1cccc(OC(C)C)c1. The number of benzene rings is 1. The van der Waals surface area contributed by atoms with Crippen molar-refractivity contribution < 1.29 is 4.74 Å². The molecule has 0 aromatic heterocycles. The molecule has 0 aliphatic carbocycles. The highest BCUT2D eigenvalue weighted by Crippen LogP contribution is 2.24. The minimum Gasteiger partial charge on any atom is -0.491 e. The second-order valence-electron chi connectivity index (χ2n) is 5.23. The Balaban J connectivity index is 2.76. The van der Waals surface area contributed by atoms with Gasteiger partial charge >= 0.3 is 0 Å². The molecule has 0 heterocycles. The fraction of sp³-hybridized carbons (Fsp3) is 0.625. The fourth-order valence-electron chi connectivity index (χ4n) is 1.88. The molecule has 19 heavy (non-hydrogen) atoms. The number of ether oxygens (including phenoxy) is 1. The first-order valence-corrected chi connectivity index (χ1v) is 8.19. The fourth-order valence-corrected chi connectivity index (χ4v) is 2.77. The average molecular weight is 281 g/mol. The van der Waals surface area contributed by atoms with Crippen molar-refractivity contribution in [1.82, 2.24) is 5.32 Å². The van der Waals surface area contributed by atoms with E-state index in [0.29, 0.717) is 11.3 Å². The van der Waals surface area contributed by atoms with E-state index in [4.69, 9.17) is 4.74 Å². The van der Waals surface area contributed by atoms with E-state index in [-0.39, 0.29) is 6.10 Å². The monoisotopic (exact) mass is 281 g/mol. The highest BCUT2D eigenvalue weighted by Gasteiger charge is 2.12. The summed E-state index contributed by atoms with van der Waals surface area (Å²) in [4.78, 5) is 0. The molecule has 1 unspecified atom stereocenters. The molecule has 1 aromatic rings. The van der Waals surface area contributed by atoms with Crippen LogP contribution in [0.15, 0.2) is 24.3 Å². The third-order valence-electron chi connectivity index (χ3n) is 2.68. The molecule has 2 nitrogen and oxygen atoms in total. The topological polar surface area (TPSA) is 21.3 Å². The molecular formula is C16H27NOS. The van der Waals surface area contributed by atoms with Gasteiger partial charge in [-0.25, -0.2) is 0 Å². The smallest absolute Gasteiger partial charge is 0.120 e. The van der Waals surface area contributed by atoms with E-state index >= 15 is 0 Å². The maximum atomic E-state index is 5.77. The second kappa shape index (κ2) is 8.49. The first-order chi connectivity index (χ1) is 9.02. The third kappa shape index (κ3) is 6.35. The maximum absolute atomic E-state index is 5.77. The van der Waals surface area contributed by atoms with Gasteiger partial charge in [-0.05, 0) is 43.3 Å². The zero-order valence-electron chi connectivity index (χ0n) is 12.8. The summed E-state index contributed by atoms with van der Waals surface area (Å²) in [6, 6.07) is 8.85. The summed E-state index contributed by atoms with van der Waals surface area (Å²) in [5, 5.41) is 4.22. The van der Waals surface area contributed by atoms with Crippen LogP contribution in [0.1, 0.15) is 46.2 Å². The molecule has 1 aromatic carbocycles. The predicted octanol–water partition coefficient (Wildman–Crippen LogP) is 4.27. The van der Waals surface area contributed by atoms with Gasteiger partial charge in [-0.3, -0.25) is 0 Å². The minimum atomic E-state index is 0.220. The zero-order valence-corrected chi connectivity index (χ0v) is 13.6. The van der Waals surface area contributed by atoms with Gasteiger partial charge in [0.2, 0.25) is 0 Å². The van der Waals surface area contributed by atoms with Gasteiger partial charge in [0.05, 0.1) is 6.10 Å². The van der Waals surface area contributed by atoms with E-state index < -0.39 is 0 Å². The average Bonchev–Trinajstić information content (AvgIpc) is 2.33. The number of nitrogens with one attached hydrogen (secondary N) is 1.